The van der Waals surface area contributed by atoms with E-state index < -0.39 is 11.9 Å². The van der Waals surface area contributed by atoms with Gasteiger partial charge < -0.3 is 16.4 Å². The van der Waals surface area contributed by atoms with Gasteiger partial charge in [-0.3, -0.25) is 4.79 Å². The van der Waals surface area contributed by atoms with Gasteiger partial charge in [-0.1, -0.05) is 18.2 Å². The number of halogens is 1. The van der Waals surface area contributed by atoms with E-state index in [2.05, 4.69) is 30.6 Å². The lowest BCUT2D eigenvalue weighted by molar-refractivity contribution is 0.0935. The van der Waals surface area contributed by atoms with Gasteiger partial charge in [-0.25, -0.2) is 24.3 Å². The van der Waals surface area contributed by atoms with Gasteiger partial charge in [0.05, 0.1) is 18.1 Å². The van der Waals surface area contributed by atoms with Crippen molar-refractivity contribution in [3.63, 3.8) is 0 Å². The minimum absolute atomic E-state index is 0.169. The Morgan fingerprint density at radius 3 is 2.78 bits per heavy atom. The normalized spacial score (nSPS) is 11.8. The van der Waals surface area contributed by atoms with Crippen LogP contribution in [0.1, 0.15) is 33.9 Å². The van der Waals surface area contributed by atoms with E-state index >= 15 is 0 Å². The van der Waals surface area contributed by atoms with Crippen molar-refractivity contribution in [2.45, 2.75) is 19.5 Å². The number of nitrogens with one attached hydrogen (secondary N) is 2. The first kappa shape index (κ1) is 23.3. The minimum atomic E-state index is -0.399. The number of nitrogen functional groups attached to an aromatic ring is 1. The number of hydrogen-bond donors (Lipinski definition) is 3. The summed E-state index contributed by atoms with van der Waals surface area (Å²) in [4.78, 5) is 31.9. The van der Waals surface area contributed by atoms with E-state index in [4.69, 9.17) is 5.73 Å². The number of aromatic nitrogens is 4. The average Bonchev–Trinajstić information content (AvgIpc) is 3.37. The van der Waals surface area contributed by atoms with Crippen LogP contribution in [-0.4, -0.2) is 25.8 Å². The van der Waals surface area contributed by atoms with E-state index in [0.717, 1.165) is 26.2 Å². The molecule has 1 atom stereocenters. The second kappa shape index (κ2) is 10.0. The molecule has 5 aromatic rings. The van der Waals surface area contributed by atoms with E-state index in [0.29, 0.717) is 23.7 Å². The third kappa shape index (κ3) is 4.98. The van der Waals surface area contributed by atoms with Crippen LogP contribution in [0.5, 0.6) is 0 Å². The number of thiophene rings is 1. The van der Waals surface area contributed by atoms with Crippen molar-refractivity contribution in [1.82, 2.24) is 25.3 Å². The molecule has 0 spiro atoms. The number of fused-ring (bicyclic) bond motifs is 1. The zero-order valence-electron chi connectivity index (χ0n) is 19.3. The summed E-state index contributed by atoms with van der Waals surface area (Å²) in [5.41, 5.74) is 8.66. The zero-order chi connectivity index (χ0) is 25.1. The van der Waals surface area contributed by atoms with E-state index in [-0.39, 0.29) is 11.5 Å². The summed E-state index contributed by atoms with van der Waals surface area (Å²) < 4.78 is 13.6. The standard InChI is InChI=1S/C26H22FN7OS/c1-15(16-3-2-4-18(27)11-16)34-26(35)23-25(30-10-9-29-23)31-13-19-6-8-22(36-19)17-5-7-21-20(12-17)24(28)33-14-32-21/h2-12,14-15H,13H2,1H3,(H,30,31)(H,34,35)(H2,28,32,33)/t15-/m0/s1. The van der Waals surface area contributed by atoms with Gasteiger partial charge in [0.25, 0.3) is 5.91 Å². The molecule has 5 rings (SSSR count). The van der Waals surface area contributed by atoms with Crippen LogP contribution in [0.2, 0.25) is 0 Å². The summed E-state index contributed by atoms with van der Waals surface area (Å²) in [5.74, 6) is 0.0592. The predicted molar refractivity (Wildman–Crippen MR) is 139 cm³/mol. The zero-order valence-corrected chi connectivity index (χ0v) is 20.1. The fourth-order valence-corrected chi connectivity index (χ4v) is 4.73. The molecule has 0 saturated heterocycles. The fourth-order valence-electron chi connectivity index (χ4n) is 3.79. The molecule has 0 fully saturated rings. The van der Waals surface area contributed by atoms with Crippen molar-refractivity contribution in [2.24, 2.45) is 0 Å². The third-order valence-electron chi connectivity index (χ3n) is 5.65. The van der Waals surface area contributed by atoms with E-state index in [9.17, 15) is 9.18 Å². The number of carbonyl (C=O) groups excluding carboxylic acids is 1. The van der Waals surface area contributed by atoms with Gasteiger partial charge in [0.2, 0.25) is 0 Å². The predicted octanol–water partition coefficient (Wildman–Crippen LogP) is 4.97. The van der Waals surface area contributed by atoms with Crippen molar-refractivity contribution in [3.05, 3.63) is 95.3 Å². The molecule has 2 aromatic carbocycles. The Kier molecular flexibility index (Phi) is 6.50. The highest BCUT2D eigenvalue weighted by atomic mass is 32.1. The molecule has 1 amide bonds. The monoisotopic (exact) mass is 499 g/mol. The van der Waals surface area contributed by atoms with Gasteiger partial charge in [0, 0.05) is 27.5 Å². The maximum Gasteiger partial charge on any atom is 0.274 e. The Morgan fingerprint density at radius 2 is 1.92 bits per heavy atom. The number of nitrogens with two attached hydrogens (primary N) is 1. The Bertz CT molecular complexity index is 1550. The van der Waals surface area contributed by atoms with E-state index in [1.807, 2.05) is 30.3 Å². The number of rotatable bonds is 7. The summed E-state index contributed by atoms with van der Waals surface area (Å²) in [5, 5.41) is 6.88. The lowest BCUT2D eigenvalue weighted by atomic mass is 10.1. The molecule has 0 aliphatic heterocycles. The molecule has 8 nitrogen and oxygen atoms in total. The smallest absolute Gasteiger partial charge is 0.274 e. The van der Waals surface area contributed by atoms with Crippen LogP contribution in [-0.2, 0) is 6.54 Å². The van der Waals surface area contributed by atoms with Crippen molar-refractivity contribution < 1.29 is 9.18 Å². The second-order valence-electron chi connectivity index (χ2n) is 8.11. The number of amides is 1. The molecule has 10 heteroatoms. The van der Waals surface area contributed by atoms with Crippen LogP contribution in [0.3, 0.4) is 0 Å². The Morgan fingerprint density at radius 1 is 1.06 bits per heavy atom. The Balaban J connectivity index is 1.29. The second-order valence-corrected chi connectivity index (χ2v) is 9.28. The maximum absolute atomic E-state index is 13.6. The van der Waals surface area contributed by atoms with Gasteiger partial charge in [0.1, 0.15) is 18.0 Å². The van der Waals surface area contributed by atoms with Crippen LogP contribution in [0.15, 0.2) is 73.3 Å². The Labute approximate surface area is 210 Å². The molecule has 0 aliphatic rings. The van der Waals surface area contributed by atoms with Crippen molar-refractivity contribution in [3.8, 4) is 10.4 Å². The van der Waals surface area contributed by atoms with Crippen LogP contribution < -0.4 is 16.4 Å². The number of carbonyl (C=O) groups is 1. The number of benzene rings is 2. The summed E-state index contributed by atoms with van der Waals surface area (Å²) in [6.45, 7) is 2.25. The van der Waals surface area contributed by atoms with Crippen molar-refractivity contribution in [2.75, 3.05) is 11.1 Å². The summed E-state index contributed by atoms with van der Waals surface area (Å²) in [6, 6.07) is 15.7. The van der Waals surface area contributed by atoms with Crippen LogP contribution >= 0.6 is 11.3 Å². The maximum atomic E-state index is 13.6. The molecular formula is C26H22FN7OS. The minimum Gasteiger partial charge on any atom is -0.383 e. The van der Waals surface area contributed by atoms with Crippen LogP contribution in [0.4, 0.5) is 16.0 Å². The first-order valence-corrected chi connectivity index (χ1v) is 12.0. The molecule has 0 bridgehead atoms. The molecule has 0 saturated carbocycles. The molecule has 180 valence electrons. The first-order chi connectivity index (χ1) is 17.5. The highest BCUT2D eigenvalue weighted by Gasteiger charge is 2.18. The fraction of sp³-hybridized carbons (Fsp3) is 0.115. The first-order valence-electron chi connectivity index (χ1n) is 11.2. The average molecular weight is 500 g/mol. The Hall–Kier alpha value is -4.44. The lowest BCUT2D eigenvalue weighted by Gasteiger charge is -2.15. The van der Waals surface area contributed by atoms with Crippen LogP contribution in [0, 0.1) is 5.82 Å². The molecule has 0 radical (unpaired) electrons. The molecule has 3 aromatic heterocycles. The van der Waals surface area contributed by atoms with E-state index in [1.165, 1.54) is 30.9 Å². The highest BCUT2D eigenvalue weighted by molar-refractivity contribution is 7.15. The lowest BCUT2D eigenvalue weighted by Crippen LogP contribution is -2.28. The van der Waals surface area contributed by atoms with Crippen molar-refractivity contribution in [1.29, 1.82) is 0 Å². The number of nitrogens with zero attached hydrogens (tertiary/aromatic N) is 4. The quantitative estimate of drug-likeness (QED) is 0.289. The summed E-state index contributed by atoms with van der Waals surface area (Å²) in [6.07, 6.45) is 4.44. The van der Waals surface area contributed by atoms with Crippen molar-refractivity contribution >= 4 is 39.8 Å². The van der Waals surface area contributed by atoms with Gasteiger partial charge in [-0.05, 0) is 54.4 Å². The molecule has 0 unspecified atom stereocenters. The third-order valence-corrected chi connectivity index (χ3v) is 6.79. The van der Waals surface area contributed by atoms with Gasteiger partial charge in [-0.15, -0.1) is 11.3 Å². The summed E-state index contributed by atoms with van der Waals surface area (Å²) in [7, 11) is 0. The van der Waals surface area contributed by atoms with Gasteiger partial charge in [-0.2, -0.15) is 0 Å². The molecule has 0 aliphatic carbocycles. The highest BCUT2D eigenvalue weighted by Crippen LogP contribution is 2.31. The molecule has 36 heavy (non-hydrogen) atoms. The molecular weight excluding hydrogens is 477 g/mol. The van der Waals surface area contributed by atoms with Gasteiger partial charge in [0.15, 0.2) is 11.5 Å². The topological polar surface area (TPSA) is 119 Å². The number of hydrogen-bond acceptors (Lipinski definition) is 8. The SMILES string of the molecule is C[C@H](NC(=O)c1nccnc1NCc1ccc(-c2ccc3ncnc(N)c3c2)s1)c1cccc(F)c1. The largest absolute Gasteiger partial charge is 0.383 e. The van der Waals surface area contributed by atoms with Crippen LogP contribution in [0.25, 0.3) is 21.3 Å². The van der Waals surface area contributed by atoms with E-state index in [1.54, 1.807) is 30.4 Å². The summed E-state index contributed by atoms with van der Waals surface area (Å²) >= 11 is 1.61. The molecule has 4 N–H and O–H groups in total. The molecule has 3 heterocycles. The van der Waals surface area contributed by atoms with Gasteiger partial charge >= 0.3 is 0 Å². The number of anilines is 2.